The third-order valence-electron chi connectivity index (χ3n) is 3.75. The second kappa shape index (κ2) is 4.34. The molecule has 0 aromatic heterocycles. The zero-order valence-corrected chi connectivity index (χ0v) is 11.2. The monoisotopic (exact) mass is 234 g/mol. The van der Waals surface area contributed by atoms with Crippen molar-refractivity contribution < 1.29 is 9.84 Å². The van der Waals surface area contributed by atoms with Crippen LogP contribution in [0.5, 0.6) is 0 Å². The van der Waals surface area contributed by atoms with Gasteiger partial charge in [0, 0.05) is 5.92 Å². The van der Waals surface area contributed by atoms with Crippen LogP contribution in [0, 0.1) is 5.92 Å². The summed E-state index contributed by atoms with van der Waals surface area (Å²) >= 11 is 0. The molecule has 1 N–H and O–H groups in total. The van der Waals surface area contributed by atoms with E-state index in [0.717, 1.165) is 12.8 Å². The highest BCUT2D eigenvalue weighted by Gasteiger charge is 2.49. The molecule has 1 aliphatic carbocycles. The van der Waals surface area contributed by atoms with Crippen molar-refractivity contribution in [3.63, 3.8) is 0 Å². The molecule has 1 aliphatic heterocycles. The Kier molecular flexibility index (Phi) is 3.17. The van der Waals surface area contributed by atoms with Gasteiger partial charge in [-0.2, -0.15) is 0 Å². The maximum absolute atomic E-state index is 10.6. The van der Waals surface area contributed by atoms with Gasteiger partial charge in [0.1, 0.15) is 17.5 Å². The van der Waals surface area contributed by atoms with E-state index < -0.39 is 5.60 Å². The highest BCUT2D eigenvalue weighted by Crippen LogP contribution is 2.45. The average Bonchev–Trinajstić information content (AvgIpc) is 2.46. The van der Waals surface area contributed by atoms with E-state index in [0.29, 0.717) is 5.76 Å². The lowest BCUT2D eigenvalue weighted by molar-refractivity contribution is 0.0470. The predicted molar refractivity (Wildman–Crippen MR) is 69.5 cm³/mol. The van der Waals surface area contributed by atoms with Gasteiger partial charge < -0.3 is 9.84 Å². The van der Waals surface area contributed by atoms with E-state index in [1.165, 1.54) is 11.1 Å². The molecule has 2 nitrogen and oxygen atoms in total. The van der Waals surface area contributed by atoms with Crippen LogP contribution in [0.1, 0.15) is 40.5 Å². The number of hydrogen-bond donors (Lipinski definition) is 1. The first-order valence-corrected chi connectivity index (χ1v) is 6.33. The predicted octanol–water partition coefficient (Wildman–Crippen LogP) is 3.34. The Bertz CT molecular complexity index is 395. The van der Waals surface area contributed by atoms with Crippen molar-refractivity contribution in [1.82, 2.24) is 0 Å². The molecule has 2 heteroatoms. The Morgan fingerprint density at radius 2 is 2.24 bits per heavy atom. The molecule has 0 bridgehead atoms. The van der Waals surface area contributed by atoms with E-state index in [4.69, 9.17) is 4.74 Å². The molecule has 0 radical (unpaired) electrons. The number of ether oxygens (including phenoxy) is 1. The largest absolute Gasteiger partial charge is 0.487 e. The van der Waals surface area contributed by atoms with Gasteiger partial charge in [-0.25, -0.2) is 0 Å². The van der Waals surface area contributed by atoms with Gasteiger partial charge in [-0.1, -0.05) is 17.2 Å². The number of rotatable bonds is 1. The van der Waals surface area contributed by atoms with Gasteiger partial charge in [-0.3, -0.25) is 0 Å². The summed E-state index contributed by atoms with van der Waals surface area (Å²) in [4.78, 5) is 0. The number of allylic oxidation sites excluding steroid dienone is 4. The van der Waals surface area contributed by atoms with Gasteiger partial charge in [0.2, 0.25) is 0 Å². The fourth-order valence-corrected chi connectivity index (χ4v) is 2.64. The molecule has 2 rings (SSSR count). The Hall–Kier alpha value is -1.02. The third kappa shape index (κ3) is 2.32. The van der Waals surface area contributed by atoms with Crippen molar-refractivity contribution in [1.29, 1.82) is 0 Å². The lowest BCUT2D eigenvalue weighted by Crippen LogP contribution is -2.35. The van der Waals surface area contributed by atoms with Gasteiger partial charge in [0.25, 0.3) is 0 Å². The molecular formula is C15H22O2. The van der Waals surface area contributed by atoms with Gasteiger partial charge in [0.05, 0.1) is 0 Å². The van der Waals surface area contributed by atoms with Crippen LogP contribution >= 0.6 is 0 Å². The summed E-state index contributed by atoms with van der Waals surface area (Å²) in [6.07, 6.45) is 8.19. The van der Waals surface area contributed by atoms with Crippen molar-refractivity contribution in [2.24, 2.45) is 5.92 Å². The lowest BCUT2D eigenvalue weighted by Gasteiger charge is -2.28. The van der Waals surface area contributed by atoms with E-state index in [2.05, 4.69) is 13.0 Å². The number of fused-ring (bicyclic) bond motifs is 1. The second-order valence-electron chi connectivity index (χ2n) is 5.66. The molecule has 0 saturated carbocycles. The minimum absolute atomic E-state index is 0.0514. The van der Waals surface area contributed by atoms with Crippen LogP contribution in [0.2, 0.25) is 0 Å². The third-order valence-corrected chi connectivity index (χ3v) is 3.75. The van der Waals surface area contributed by atoms with Crippen LogP contribution in [0.15, 0.2) is 35.1 Å². The summed E-state index contributed by atoms with van der Waals surface area (Å²) in [6, 6.07) is 0. The average molecular weight is 234 g/mol. The maximum atomic E-state index is 10.6. The smallest absolute Gasteiger partial charge is 0.129 e. The highest BCUT2D eigenvalue weighted by atomic mass is 16.5. The van der Waals surface area contributed by atoms with Crippen LogP contribution in [0.25, 0.3) is 0 Å². The molecule has 17 heavy (non-hydrogen) atoms. The highest BCUT2D eigenvalue weighted by molar-refractivity contribution is 5.28. The number of aliphatic hydroxyl groups is 1. The Morgan fingerprint density at radius 3 is 2.88 bits per heavy atom. The zero-order valence-electron chi connectivity index (χ0n) is 11.2. The van der Waals surface area contributed by atoms with E-state index in [1.54, 1.807) is 0 Å². The first kappa shape index (κ1) is 12.4. The first-order valence-electron chi connectivity index (χ1n) is 6.33. The second-order valence-corrected chi connectivity index (χ2v) is 5.66. The molecule has 1 saturated heterocycles. The summed E-state index contributed by atoms with van der Waals surface area (Å²) in [6.45, 7) is 8.08. The minimum Gasteiger partial charge on any atom is -0.487 e. The molecule has 0 spiro atoms. The van der Waals surface area contributed by atoms with Crippen LogP contribution in [-0.2, 0) is 4.74 Å². The maximum Gasteiger partial charge on any atom is 0.129 e. The molecular weight excluding hydrogens is 212 g/mol. The molecule has 0 aromatic carbocycles. The normalized spacial score (nSPS) is 38.4. The van der Waals surface area contributed by atoms with Gasteiger partial charge >= 0.3 is 0 Å². The molecule has 1 heterocycles. The molecule has 3 unspecified atom stereocenters. The van der Waals surface area contributed by atoms with Crippen molar-refractivity contribution in [3.8, 4) is 0 Å². The van der Waals surface area contributed by atoms with Gasteiger partial charge in [-0.05, 0) is 52.7 Å². The van der Waals surface area contributed by atoms with Crippen LogP contribution < -0.4 is 0 Å². The van der Waals surface area contributed by atoms with Crippen molar-refractivity contribution in [3.05, 3.63) is 35.1 Å². The summed E-state index contributed by atoms with van der Waals surface area (Å²) in [5.74, 6) is 0.905. The standard InChI is InChI=1S/C15H22O2/c1-10(2)5-8-14-15(4,16)12-7-6-11(3)9-13(12)17-14/h5,8-9,12-13,16H,6-7H2,1-4H3/b14-8-. The first-order chi connectivity index (χ1) is 7.91. The van der Waals surface area contributed by atoms with Gasteiger partial charge in [0.15, 0.2) is 0 Å². The van der Waals surface area contributed by atoms with Crippen molar-refractivity contribution in [2.75, 3.05) is 0 Å². The Labute approximate surface area is 104 Å². The molecule has 3 atom stereocenters. The topological polar surface area (TPSA) is 29.5 Å². The molecule has 1 fully saturated rings. The zero-order chi connectivity index (χ0) is 12.6. The van der Waals surface area contributed by atoms with Crippen molar-refractivity contribution in [2.45, 2.75) is 52.2 Å². The fraction of sp³-hybridized carbons (Fsp3) is 0.600. The quantitative estimate of drug-likeness (QED) is 0.705. The summed E-state index contributed by atoms with van der Waals surface area (Å²) in [5.41, 5.74) is 1.75. The van der Waals surface area contributed by atoms with Crippen LogP contribution in [-0.4, -0.2) is 16.8 Å². The van der Waals surface area contributed by atoms with Crippen molar-refractivity contribution >= 4 is 0 Å². The van der Waals surface area contributed by atoms with E-state index in [-0.39, 0.29) is 12.0 Å². The number of hydrogen-bond acceptors (Lipinski definition) is 2. The Balaban J connectivity index is 2.29. The van der Waals surface area contributed by atoms with Crippen LogP contribution in [0.3, 0.4) is 0 Å². The molecule has 2 aliphatic rings. The molecule has 0 aromatic rings. The summed E-state index contributed by atoms with van der Waals surface area (Å²) in [7, 11) is 0. The van der Waals surface area contributed by atoms with E-state index in [1.807, 2.05) is 32.9 Å². The minimum atomic E-state index is -0.826. The molecule has 94 valence electrons. The SMILES string of the molecule is CC(C)=C/C=C1\OC2C=C(C)CCC2C1(C)O. The van der Waals surface area contributed by atoms with Crippen LogP contribution in [0.4, 0.5) is 0 Å². The lowest BCUT2D eigenvalue weighted by atomic mass is 9.78. The van der Waals surface area contributed by atoms with Gasteiger partial charge in [-0.15, -0.1) is 0 Å². The summed E-state index contributed by atoms with van der Waals surface area (Å²) in [5, 5.41) is 10.6. The van der Waals surface area contributed by atoms with E-state index >= 15 is 0 Å². The van der Waals surface area contributed by atoms with E-state index in [9.17, 15) is 5.11 Å². The summed E-state index contributed by atoms with van der Waals surface area (Å²) < 4.78 is 5.89. The fourth-order valence-electron chi connectivity index (χ4n) is 2.64. The molecule has 0 amide bonds. The Morgan fingerprint density at radius 1 is 1.53 bits per heavy atom.